The average molecular weight is 381 g/mol. The van der Waals surface area contributed by atoms with Crippen LogP contribution in [0.1, 0.15) is 41.6 Å². The molecule has 1 aromatic carbocycles. The van der Waals surface area contributed by atoms with Crippen molar-refractivity contribution in [3.8, 4) is 0 Å². The Bertz CT molecular complexity index is 868. The van der Waals surface area contributed by atoms with Gasteiger partial charge in [0.1, 0.15) is 11.6 Å². The van der Waals surface area contributed by atoms with Crippen LogP contribution >= 0.6 is 0 Å². The second kappa shape index (κ2) is 8.71. The summed E-state index contributed by atoms with van der Waals surface area (Å²) in [6.45, 7) is 0. The number of carbonyl (C=O) groups is 1. The number of benzene rings is 1. The molecule has 148 valence electrons. The SMILES string of the molecule is CNc1cccc(Nc2nc(NC3CCCCC3N)ccc2C(N)=O)c1C=N. The predicted octanol–water partition coefficient (Wildman–Crippen LogP) is 2.65. The van der Waals surface area contributed by atoms with Gasteiger partial charge in [-0.05, 0) is 37.1 Å². The normalized spacial score (nSPS) is 18.9. The molecule has 1 aliphatic carbocycles. The topological polar surface area (TPSA) is 142 Å². The highest BCUT2D eigenvalue weighted by Gasteiger charge is 2.22. The van der Waals surface area contributed by atoms with Gasteiger partial charge in [-0.1, -0.05) is 18.9 Å². The summed E-state index contributed by atoms with van der Waals surface area (Å²) in [6, 6.07) is 9.18. The van der Waals surface area contributed by atoms with Crippen molar-refractivity contribution in [3.63, 3.8) is 0 Å². The molecule has 0 radical (unpaired) electrons. The molecule has 1 fully saturated rings. The maximum absolute atomic E-state index is 11.9. The number of primary amides is 1. The summed E-state index contributed by atoms with van der Waals surface area (Å²) in [5, 5.41) is 17.3. The summed E-state index contributed by atoms with van der Waals surface area (Å²) in [5.41, 5.74) is 14.2. The molecule has 2 atom stereocenters. The van der Waals surface area contributed by atoms with Crippen molar-refractivity contribution in [3.05, 3.63) is 41.5 Å². The molecule has 0 spiro atoms. The number of rotatable bonds is 7. The Kier molecular flexibility index (Phi) is 6.10. The number of amides is 1. The molecule has 0 bridgehead atoms. The van der Waals surface area contributed by atoms with E-state index < -0.39 is 5.91 Å². The van der Waals surface area contributed by atoms with Crippen LogP contribution in [0.2, 0.25) is 0 Å². The summed E-state index contributed by atoms with van der Waals surface area (Å²) < 4.78 is 0. The van der Waals surface area contributed by atoms with Gasteiger partial charge >= 0.3 is 0 Å². The standard InChI is InChI=1S/C20H27N7O/c1-24-15-7-4-8-16(13(15)11-21)26-20-12(19(23)28)9-10-18(27-20)25-17-6-3-2-5-14(17)22/h4,7-11,14,17,21,24H,2-3,5-6,22H2,1H3,(H2,23,28)(H2,25,26,27). The van der Waals surface area contributed by atoms with Gasteiger partial charge in [0, 0.05) is 36.6 Å². The van der Waals surface area contributed by atoms with E-state index in [0.29, 0.717) is 22.9 Å². The number of carbonyl (C=O) groups excluding carboxylic acids is 1. The summed E-state index contributed by atoms with van der Waals surface area (Å²) in [7, 11) is 1.79. The average Bonchev–Trinajstić information content (AvgIpc) is 2.69. The Hall–Kier alpha value is -3.13. The van der Waals surface area contributed by atoms with E-state index in [4.69, 9.17) is 16.9 Å². The van der Waals surface area contributed by atoms with E-state index >= 15 is 0 Å². The molecule has 2 unspecified atom stereocenters. The van der Waals surface area contributed by atoms with Crippen LogP contribution in [0, 0.1) is 5.41 Å². The molecule has 1 amide bonds. The van der Waals surface area contributed by atoms with Crippen LogP contribution in [-0.2, 0) is 0 Å². The molecular formula is C20H27N7O. The van der Waals surface area contributed by atoms with Crippen LogP contribution in [-0.4, -0.2) is 36.2 Å². The first-order valence-electron chi connectivity index (χ1n) is 9.44. The fourth-order valence-electron chi connectivity index (χ4n) is 3.54. The Labute approximate surface area is 164 Å². The fraction of sp³-hybridized carbons (Fsp3) is 0.350. The number of nitrogens with zero attached hydrogens (tertiary/aromatic N) is 1. The van der Waals surface area contributed by atoms with Gasteiger partial charge in [0.05, 0.1) is 11.3 Å². The first-order valence-corrected chi connectivity index (χ1v) is 9.44. The molecule has 8 N–H and O–H groups in total. The van der Waals surface area contributed by atoms with E-state index in [1.807, 2.05) is 18.2 Å². The third kappa shape index (κ3) is 4.23. The highest BCUT2D eigenvalue weighted by Crippen LogP contribution is 2.28. The van der Waals surface area contributed by atoms with Crippen LogP contribution in [0.15, 0.2) is 30.3 Å². The number of hydrogen-bond acceptors (Lipinski definition) is 7. The number of hydrogen-bond donors (Lipinski definition) is 6. The van der Waals surface area contributed by atoms with Gasteiger partial charge in [-0.25, -0.2) is 4.98 Å². The van der Waals surface area contributed by atoms with Crippen molar-refractivity contribution in [2.75, 3.05) is 23.0 Å². The second-order valence-corrected chi connectivity index (χ2v) is 6.94. The van der Waals surface area contributed by atoms with Gasteiger partial charge in [-0.15, -0.1) is 0 Å². The molecule has 1 aliphatic rings. The van der Waals surface area contributed by atoms with Crippen LogP contribution in [0.25, 0.3) is 0 Å². The molecule has 1 aromatic heterocycles. The lowest BCUT2D eigenvalue weighted by Gasteiger charge is -2.30. The first-order chi connectivity index (χ1) is 13.5. The first kappa shape index (κ1) is 19.6. The van der Waals surface area contributed by atoms with Crippen molar-refractivity contribution in [1.82, 2.24) is 4.98 Å². The van der Waals surface area contributed by atoms with Crippen molar-refractivity contribution in [2.24, 2.45) is 11.5 Å². The monoisotopic (exact) mass is 381 g/mol. The maximum atomic E-state index is 11.9. The van der Waals surface area contributed by atoms with Crippen LogP contribution in [0.4, 0.5) is 23.0 Å². The summed E-state index contributed by atoms with van der Waals surface area (Å²) >= 11 is 0. The van der Waals surface area contributed by atoms with E-state index in [1.165, 1.54) is 6.21 Å². The number of nitrogens with two attached hydrogens (primary N) is 2. The molecule has 2 aromatic rings. The van der Waals surface area contributed by atoms with Crippen LogP contribution in [0.3, 0.4) is 0 Å². The minimum absolute atomic E-state index is 0.0830. The Morgan fingerprint density at radius 1 is 1.21 bits per heavy atom. The van der Waals surface area contributed by atoms with Gasteiger partial charge in [-0.2, -0.15) is 0 Å². The molecule has 0 aliphatic heterocycles. The zero-order valence-electron chi connectivity index (χ0n) is 16.0. The molecule has 1 heterocycles. The lowest BCUT2D eigenvalue weighted by Crippen LogP contribution is -2.42. The third-order valence-corrected chi connectivity index (χ3v) is 5.09. The maximum Gasteiger partial charge on any atom is 0.252 e. The van der Waals surface area contributed by atoms with Crippen LogP contribution in [0.5, 0.6) is 0 Å². The van der Waals surface area contributed by atoms with Crippen molar-refractivity contribution in [2.45, 2.75) is 37.8 Å². The molecule has 1 saturated carbocycles. The molecule has 28 heavy (non-hydrogen) atoms. The van der Waals surface area contributed by atoms with Gasteiger partial charge < -0.3 is 32.8 Å². The Balaban J connectivity index is 1.93. The Morgan fingerprint density at radius 2 is 1.96 bits per heavy atom. The fourth-order valence-corrected chi connectivity index (χ4v) is 3.54. The van der Waals surface area contributed by atoms with Crippen molar-refractivity contribution in [1.29, 1.82) is 5.41 Å². The Morgan fingerprint density at radius 3 is 2.64 bits per heavy atom. The molecular weight excluding hydrogens is 354 g/mol. The van der Waals surface area contributed by atoms with Gasteiger partial charge in [0.25, 0.3) is 5.91 Å². The summed E-state index contributed by atoms with van der Waals surface area (Å²) in [4.78, 5) is 16.5. The van der Waals surface area contributed by atoms with E-state index in [0.717, 1.165) is 31.4 Å². The minimum atomic E-state index is -0.572. The minimum Gasteiger partial charge on any atom is -0.388 e. The largest absolute Gasteiger partial charge is 0.388 e. The van der Waals surface area contributed by atoms with E-state index in [1.54, 1.807) is 19.2 Å². The zero-order valence-corrected chi connectivity index (χ0v) is 16.0. The van der Waals surface area contributed by atoms with E-state index in [2.05, 4.69) is 20.9 Å². The lowest BCUT2D eigenvalue weighted by atomic mass is 9.91. The number of aromatic nitrogens is 1. The molecule has 3 rings (SSSR count). The van der Waals surface area contributed by atoms with Gasteiger partial charge in [0.2, 0.25) is 0 Å². The van der Waals surface area contributed by atoms with Gasteiger partial charge in [-0.3, -0.25) is 4.79 Å². The highest BCUT2D eigenvalue weighted by molar-refractivity contribution is 6.00. The zero-order chi connectivity index (χ0) is 20.1. The molecule has 8 nitrogen and oxygen atoms in total. The molecule has 0 saturated heterocycles. The van der Waals surface area contributed by atoms with Crippen molar-refractivity contribution < 1.29 is 4.79 Å². The van der Waals surface area contributed by atoms with E-state index in [9.17, 15) is 4.79 Å². The quantitative estimate of drug-likeness (QED) is 0.407. The molecule has 8 heteroatoms. The van der Waals surface area contributed by atoms with Crippen molar-refractivity contribution >= 4 is 35.1 Å². The second-order valence-electron chi connectivity index (χ2n) is 6.94. The van der Waals surface area contributed by atoms with Gasteiger partial charge in [0.15, 0.2) is 0 Å². The summed E-state index contributed by atoms with van der Waals surface area (Å²) in [6.07, 6.45) is 5.51. The third-order valence-electron chi connectivity index (χ3n) is 5.09. The summed E-state index contributed by atoms with van der Waals surface area (Å²) in [5.74, 6) is 0.409. The van der Waals surface area contributed by atoms with E-state index in [-0.39, 0.29) is 17.6 Å². The number of pyridine rings is 1. The smallest absolute Gasteiger partial charge is 0.252 e. The van der Waals surface area contributed by atoms with Crippen LogP contribution < -0.4 is 27.4 Å². The number of anilines is 4. The number of nitrogens with one attached hydrogen (secondary N) is 4. The predicted molar refractivity (Wildman–Crippen MR) is 114 cm³/mol. The highest BCUT2D eigenvalue weighted by atomic mass is 16.1. The lowest BCUT2D eigenvalue weighted by molar-refractivity contribution is 0.100.